The number of aryl methyl sites for hydroxylation is 1. The van der Waals surface area contributed by atoms with E-state index in [1.807, 2.05) is 19.1 Å². The lowest BCUT2D eigenvalue weighted by atomic mass is 10.2. The van der Waals surface area contributed by atoms with Crippen LogP contribution in [0.25, 0.3) is 0 Å². The number of anilines is 1. The zero-order valence-corrected chi connectivity index (χ0v) is 12.3. The topological polar surface area (TPSA) is 79.8 Å². The standard InChI is InChI=1S/C15H19N5O/c1-3-6-18-14-10-16-8-13(20-14)15(21)19-9-12-11(2)5-4-7-17-12/h4-5,7-8,10H,3,6,9H2,1-2H3,(H,18,20)(H,19,21). The number of carbonyl (C=O) groups excluding carboxylic acids is 1. The van der Waals surface area contributed by atoms with Crippen molar-refractivity contribution in [2.75, 3.05) is 11.9 Å². The van der Waals surface area contributed by atoms with Crippen molar-refractivity contribution in [3.63, 3.8) is 0 Å². The highest BCUT2D eigenvalue weighted by Gasteiger charge is 2.09. The Morgan fingerprint density at radius 2 is 2.19 bits per heavy atom. The van der Waals surface area contributed by atoms with Gasteiger partial charge in [-0.15, -0.1) is 0 Å². The lowest BCUT2D eigenvalue weighted by Crippen LogP contribution is -2.25. The molecule has 6 nitrogen and oxygen atoms in total. The molecule has 110 valence electrons. The van der Waals surface area contributed by atoms with Crippen molar-refractivity contribution in [3.8, 4) is 0 Å². The first-order chi connectivity index (χ1) is 10.2. The molecule has 0 saturated heterocycles. The minimum Gasteiger partial charge on any atom is -0.369 e. The summed E-state index contributed by atoms with van der Waals surface area (Å²) in [7, 11) is 0. The van der Waals surface area contributed by atoms with E-state index in [-0.39, 0.29) is 5.91 Å². The zero-order chi connectivity index (χ0) is 15.1. The summed E-state index contributed by atoms with van der Waals surface area (Å²) in [5.41, 5.74) is 2.19. The van der Waals surface area contributed by atoms with Gasteiger partial charge in [-0.05, 0) is 25.0 Å². The molecule has 1 amide bonds. The predicted molar refractivity (Wildman–Crippen MR) is 81.0 cm³/mol. The summed E-state index contributed by atoms with van der Waals surface area (Å²) in [4.78, 5) is 24.6. The molecule has 2 aromatic heterocycles. The van der Waals surface area contributed by atoms with Gasteiger partial charge in [-0.1, -0.05) is 13.0 Å². The Hall–Kier alpha value is -2.50. The van der Waals surface area contributed by atoms with E-state index in [2.05, 4.69) is 32.5 Å². The van der Waals surface area contributed by atoms with Crippen LogP contribution >= 0.6 is 0 Å². The fraction of sp³-hybridized carbons (Fsp3) is 0.333. The Balaban J connectivity index is 1.98. The molecule has 21 heavy (non-hydrogen) atoms. The Morgan fingerprint density at radius 1 is 1.33 bits per heavy atom. The molecule has 2 aromatic rings. The number of pyridine rings is 1. The first kappa shape index (κ1) is 14.9. The van der Waals surface area contributed by atoms with Crippen LogP contribution in [-0.4, -0.2) is 27.4 Å². The Labute approximate surface area is 124 Å². The van der Waals surface area contributed by atoms with E-state index in [9.17, 15) is 4.79 Å². The van der Waals surface area contributed by atoms with Gasteiger partial charge >= 0.3 is 0 Å². The van der Waals surface area contributed by atoms with Crippen molar-refractivity contribution in [2.45, 2.75) is 26.8 Å². The third kappa shape index (κ3) is 4.24. The smallest absolute Gasteiger partial charge is 0.271 e. The van der Waals surface area contributed by atoms with Gasteiger partial charge in [0.05, 0.1) is 24.6 Å². The molecular formula is C15H19N5O. The van der Waals surface area contributed by atoms with Crippen molar-refractivity contribution in [2.24, 2.45) is 0 Å². The molecule has 0 saturated carbocycles. The van der Waals surface area contributed by atoms with Crippen LogP contribution in [0.5, 0.6) is 0 Å². The number of nitrogens with zero attached hydrogens (tertiary/aromatic N) is 3. The van der Waals surface area contributed by atoms with Crippen LogP contribution in [0.1, 0.15) is 35.1 Å². The van der Waals surface area contributed by atoms with Crippen LogP contribution < -0.4 is 10.6 Å². The first-order valence-corrected chi connectivity index (χ1v) is 6.95. The fourth-order valence-corrected chi connectivity index (χ4v) is 1.77. The van der Waals surface area contributed by atoms with Crippen molar-refractivity contribution in [1.82, 2.24) is 20.3 Å². The number of hydrogen-bond donors (Lipinski definition) is 2. The molecule has 0 aliphatic carbocycles. The van der Waals surface area contributed by atoms with Crippen molar-refractivity contribution < 1.29 is 4.79 Å². The average Bonchev–Trinajstić information content (AvgIpc) is 2.52. The SMILES string of the molecule is CCCNc1cncc(C(=O)NCc2ncccc2C)n1. The van der Waals surface area contributed by atoms with E-state index in [1.54, 1.807) is 12.4 Å². The fourth-order valence-electron chi connectivity index (χ4n) is 1.77. The monoisotopic (exact) mass is 285 g/mol. The summed E-state index contributed by atoms with van der Waals surface area (Å²) in [6.07, 6.45) is 5.76. The Kier molecular flexibility index (Phi) is 5.20. The van der Waals surface area contributed by atoms with Crippen LogP contribution in [-0.2, 0) is 6.54 Å². The van der Waals surface area contributed by atoms with Crippen molar-refractivity contribution in [3.05, 3.63) is 47.7 Å². The van der Waals surface area contributed by atoms with E-state index >= 15 is 0 Å². The van der Waals surface area contributed by atoms with E-state index < -0.39 is 0 Å². The molecule has 2 N–H and O–H groups in total. The molecule has 0 aliphatic rings. The van der Waals surface area contributed by atoms with E-state index in [0.29, 0.717) is 18.1 Å². The van der Waals surface area contributed by atoms with E-state index in [0.717, 1.165) is 24.2 Å². The zero-order valence-electron chi connectivity index (χ0n) is 12.3. The molecular weight excluding hydrogens is 266 g/mol. The van der Waals surface area contributed by atoms with Gasteiger partial charge in [0.2, 0.25) is 0 Å². The van der Waals surface area contributed by atoms with Crippen molar-refractivity contribution in [1.29, 1.82) is 0 Å². The van der Waals surface area contributed by atoms with Crippen LogP contribution in [0.15, 0.2) is 30.7 Å². The summed E-state index contributed by atoms with van der Waals surface area (Å²) < 4.78 is 0. The molecule has 2 rings (SSSR count). The Morgan fingerprint density at radius 3 is 2.95 bits per heavy atom. The minimum absolute atomic E-state index is 0.257. The highest BCUT2D eigenvalue weighted by atomic mass is 16.1. The third-order valence-corrected chi connectivity index (χ3v) is 2.96. The van der Waals surface area contributed by atoms with Gasteiger partial charge in [0.1, 0.15) is 11.5 Å². The summed E-state index contributed by atoms with van der Waals surface area (Å²) >= 11 is 0. The number of aromatic nitrogens is 3. The number of rotatable bonds is 6. The quantitative estimate of drug-likeness (QED) is 0.847. The number of nitrogens with one attached hydrogen (secondary N) is 2. The molecule has 0 spiro atoms. The minimum atomic E-state index is -0.257. The largest absolute Gasteiger partial charge is 0.369 e. The molecule has 0 bridgehead atoms. The van der Waals surface area contributed by atoms with Gasteiger partial charge < -0.3 is 10.6 Å². The molecule has 0 unspecified atom stereocenters. The summed E-state index contributed by atoms with van der Waals surface area (Å²) in [6.45, 7) is 5.20. The average molecular weight is 285 g/mol. The molecule has 6 heteroatoms. The van der Waals surface area contributed by atoms with Crippen molar-refractivity contribution >= 4 is 11.7 Å². The molecule has 0 aliphatic heterocycles. The lowest BCUT2D eigenvalue weighted by molar-refractivity contribution is 0.0945. The summed E-state index contributed by atoms with van der Waals surface area (Å²) in [5, 5.41) is 5.91. The number of hydrogen-bond acceptors (Lipinski definition) is 5. The van der Waals surface area contributed by atoms with Crippen LogP contribution in [0.3, 0.4) is 0 Å². The second-order valence-corrected chi connectivity index (χ2v) is 4.67. The van der Waals surface area contributed by atoms with Crippen LogP contribution in [0.2, 0.25) is 0 Å². The van der Waals surface area contributed by atoms with Crippen LogP contribution in [0, 0.1) is 6.92 Å². The van der Waals surface area contributed by atoms with E-state index in [1.165, 1.54) is 6.20 Å². The van der Waals surface area contributed by atoms with Gasteiger partial charge in [0, 0.05) is 12.7 Å². The maximum Gasteiger partial charge on any atom is 0.271 e. The lowest BCUT2D eigenvalue weighted by Gasteiger charge is -2.08. The second kappa shape index (κ2) is 7.33. The van der Waals surface area contributed by atoms with Gasteiger partial charge in [-0.2, -0.15) is 0 Å². The number of carbonyl (C=O) groups is 1. The molecule has 2 heterocycles. The molecule has 0 atom stereocenters. The van der Waals surface area contributed by atoms with Gasteiger partial charge in [-0.3, -0.25) is 14.8 Å². The third-order valence-electron chi connectivity index (χ3n) is 2.96. The maximum absolute atomic E-state index is 12.1. The second-order valence-electron chi connectivity index (χ2n) is 4.67. The predicted octanol–water partition coefficient (Wildman–Crippen LogP) is 1.93. The van der Waals surface area contributed by atoms with Gasteiger partial charge in [-0.25, -0.2) is 4.98 Å². The number of amides is 1. The normalized spacial score (nSPS) is 10.2. The highest BCUT2D eigenvalue weighted by molar-refractivity contribution is 5.92. The van der Waals surface area contributed by atoms with Gasteiger partial charge in [0.25, 0.3) is 5.91 Å². The molecule has 0 fully saturated rings. The maximum atomic E-state index is 12.1. The molecule has 0 radical (unpaired) electrons. The Bertz CT molecular complexity index is 615. The van der Waals surface area contributed by atoms with E-state index in [4.69, 9.17) is 0 Å². The van der Waals surface area contributed by atoms with Crippen LogP contribution in [0.4, 0.5) is 5.82 Å². The summed E-state index contributed by atoms with van der Waals surface area (Å²) in [6, 6.07) is 3.83. The highest BCUT2D eigenvalue weighted by Crippen LogP contribution is 2.05. The van der Waals surface area contributed by atoms with Gasteiger partial charge in [0.15, 0.2) is 0 Å². The first-order valence-electron chi connectivity index (χ1n) is 6.95. The molecule has 0 aromatic carbocycles. The summed E-state index contributed by atoms with van der Waals surface area (Å²) in [5.74, 6) is 0.353.